The van der Waals surface area contributed by atoms with Crippen LogP contribution in [0.2, 0.25) is 0 Å². The fourth-order valence-corrected chi connectivity index (χ4v) is 5.18. The van der Waals surface area contributed by atoms with E-state index in [4.69, 9.17) is 0 Å². The van der Waals surface area contributed by atoms with Gasteiger partial charge in [-0.25, -0.2) is 0 Å². The second-order valence-electron chi connectivity index (χ2n) is 8.53. The molecule has 142 valence electrons. The highest BCUT2D eigenvalue weighted by molar-refractivity contribution is 8.12. The fourth-order valence-electron chi connectivity index (χ4n) is 3.63. The van der Waals surface area contributed by atoms with Crippen LogP contribution in [0, 0.1) is 0 Å². The van der Waals surface area contributed by atoms with Crippen molar-refractivity contribution in [2.45, 2.75) is 75.5 Å². The topological polar surface area (TPSA) is 38.0 Å². The maximum Gasteiger partial charge on any atom is 0.0655 e. The van der Waals surface area contributed by atoms with Crippen molar-refractivity contribution < 1.29 is 5.11 Å². The van der Waals surface area contributed by atoms with Crippen LogP contribution in [0.3, 0.4) is 0 Å². The molecule has 1 aromatic carbocycles. The number of aliphatic hydroxyl groups excluding tert-OH is 1. The SMILES string of the molecule is C=S1Cc2ccccc2C1.CC(C)(C)n1ccc(C2CCC(O)CC2)n1. The van der Waals surface area contributed by atoms with Crippen LogP contribution in [-0.4, -0.2) is 26.9 Å². The highest BCUT2D eigenvalue weighted by Crippen LogP contribution is 2.33. The Morgan fingerprint density at radius 1 is 1.04 bits per heavy atom. The number of rotatable bonds is 1. The number of hydrogen-bond donors (Lipinski definition) is 1. The summed E-state index contributed by atoms with van der Waals surface area (Å²) in [6, 6.07) is 10.8. The van der Waals surface area contributed by atoms with E-state index < -0.39 is 0 Å². The normalized spacial score (nSPS) is 23.2. The predicted octanol–water partition coefficient (Wildman–Crippen LogP) is 5.06. The predicted molar refractivity (Wildman–Crippen MR) is 113 cm³/mol. The molecule has 4 heteroatoms. The molecular formula is C22H32N2OS. The lowest BCUT2D eigenvalue weighted by atomic mass is 9.85. The van der Waals surface area contributed by atoms with Crippen LogP contribution in [0.1, 0.15) is 69.2 Å². The van der Waals surface area contributed by atoms with Crippen LogP contribution < -0.4 is 0 Å². The van der Waals surface area contributed by atoms with Gasteiger partial charge in [0, 0.05) is 23.6 Å². The van der Waals surface area contributed by atoms with Gasteiger partial charge in [-0.15, -0.1) is 0 Å². The van der Waals surface area contributed by atoms with Crippen LogP contribution in [0.5, 0.6) is 0 Å². The van der Waals surface area contributed by atoms with Crippen molar-refractivity contribution in [1.82, 2.24) is 9.78 Å². The van der Waals surface area contributed by atoms with Crippen molar-refractivity contribution in [3.05, 3.63) is 53.3 Å². The van der Waals surface area contributed by atoms with E-state index in [1.807, 2.05) is 4.68 Å². The third-order valence-corrected chi connectivity index (χ3v) is 6.69. The zero-order valence-electron chi connectivity index (χ0n) is 16.3. The van der Waals surface area contributed by atoms with E-state index in [9.17, 15) is 5.11 Å². The Balaban J connectivity index is 0.000000167. The van der Waals surface area contributed by atoms with Gasteiger partial charge in [0.1, 0.15) is 0 Å². The molecular weight excluding hydrogens is 340 g/mol. The average Bonchev–Trinajstić information content (AvgIpc) is 3.21. The Bertz CT molecular complexity index is 724. The van der Waals surface area contributed by atoms with Crippen LogP contribution >= 0.6 is 10.5 Å². The number of nitrogens with zero attached hydrogens (tertiary/aromatic N) is 2. The molecule has 26 heavy (non-hydrogen) atoms. The zero-order valence-corrected chi connectivity index (χ0v) is 17.1. The second kappa shape index (κ2) is 8.10. The van der Waals surface area contributed by atoms with Crippen LogP contribution in [0.15, 0.2) is 36.5 Å². The third kappa shape index (κ3) is 4.86. The van der Waals surface area contributed by atoms with Crippen molar-refractivity contribution in [2.24, 2.45) is 0 Å². The summed E-state index contributed by atoms with van der Waals surface area (Å²) in [6.07, 6.45) is 5.98. The second-order valence-corrected chi connectivity index (χ2v) is 10.3. The molecule has 1 N–H and O–H groups in total. The van der Waals surface area contributed by atoms with E-state index in [2.05, 4.69) is 68.3 Å². The molecule has 1 aliphatic heterocycles. The number of hydrogen-bond acceptors (Lipinski definition) is 2. The quantitative estimate of drug-likeness (QED) is 0.711. The highest BCUT2D eigenvalue weighted by Gasteiger charge is 2.23. The lowest BCUT2D eigenvalue weighted by Crippen LogP contribution is -2.23. The molecule has 1 aromatic heterocycles. The molecule has 3 nitrogen and oxygen atoms in total. The summed E-state index contributed by atoms with van der Waals surface area (Å²) in [5.74, 6) is 7.04. The summed E-state index contributed by atoms with van der Waals surface area (Å²) in [5.41, 5.74) is 4.29. The van der Waals surface area contributed by atoms with Gasteiger partial charge in [-0.2, -0.15) is 15.6 Å². The van der Waals surface area contributed by atoms with E-state index >= 15 is 0 Å². The van der Waals surface area contributed by atoms with E-state index in [0.717, 1.165) is 25.7 Å². The van der Waals surface area contributed by atoms with Gasteiger partial charge in [0.25, 0.3) is 0 Å². The van der Waals surface area contributed by atoms with Crippen molar-refractivity contribution in [1.29, 1.82) is 0 Å². The largest absolute Gasteiger partial charge is 0.393 e. The minimum absolute atomic E-state index is 0.0619. The molecule has 0 radical (unpaired) electrons. The highest BCUT2D eigenvalue weighted by atomic mass is 32.2. The van der Waals surface area contributed by atoms with Crippen molar-refractivity contribution in [3.63, 3.8) is 0 Å². The minimum Gasteiger partial charge on any atom is -0.393 e. The van der Waals surface area contributed by atoms with E-state index in [1.165, 1.54) is 28.3 Å². The molecule has 2 heterocycles. The first-order valence-corrected chi connectivity index (χ1v) is 11.3. The Morgan fingerprint density at radius 3 is 2.12 bits per heavy atom. The lowest BCUT2D eigenvalue weighted by Gasteiger charge is -2.24. The van der Waals surface area contributed by atoms with Gasteiger partial charge in [-0.05, 0) is 63.6 Å². The Labute approximate surface area is 160 Å². The standard InChI is InChI=1S/C13H22N2O.C9H10S/c1-13(2,3)15-9-8-12(14-15)10-4-6-11(16)7-5-10;1-10-6-8-4-2-3-5-9(8)7-10/h8-11,16H,4-7H2,1-3H3;2-5H,1,6-7H2. The summed E-state index contributed by atoms with van der Waals surface area (Å²) < 4.78 is 2.04. The summed E-state index contributed by atoms with van der Waals surface area (Å²) in [6.45, 7) is 6.48. The molecule has 1 fully saturated rings. The van der Waals surface area contributed by atoms with Gasteiger partial charge in [-0.3, -0.25) is 4.68 Å². The number of aliphatic hydroxyl groups is 1. The molecule has 0 atom stereocenters. The smallest absolute Gasteiger partial charge is 0.0655 e. The molecule has 0 bridgehead atoms. The van der Waals surface area contributed by atoms with Gasteiger partial charge >= 0.3 is 0 Å². The first-order chi connectivity index (χ1) is 12.3. The molecule has 0 unspecified atom stereocenters. The van der Waals surface area contributed by atoms with E-state index in [0.29, 0.717) is 16.4 Å². The maximum atomic E-state index is 9.48. The molecule has 2 aromatic rings. The van der Waals surface area contributed by atoms with Gasteiger partial charge < -0.3 is 5.11 Å². The van der Waals surface area contributed by atoms with Gasteiger partial charge in [0.2, 0.25) is 0 Å². The lowest BCUT2D eigenvalue weighted by molar-refractivity contribution is 0.121. The molecule has 0 amide bonds. The first-order valence-electron chi connectivity index (χ1n) is 9.61. The van der Waals surface area contributed by atoms with Crippen molar-refractivity contribution in [2.75, 3.05) is 0 Å². The molecule has 1 saturated carbocycles. The number of fused-ring (bicyclic) bond motifs is 1. The molecule has 2 aliphatic rings. The van der Waals surface area contributed by atoms with Crippen LogP contribution in [-0.2, 0) is 17.0 Å². The summed E-state index contributed by atoms with van der Waals surface area (Å²) in [7, 11) is 0.381. The van der Waals surface area contributed by atoms with Crippen molar-refractivity contribution in [3.8, 4) is 0 Å². The fraction of sp³-hybridized carbons (Fsp3) is 0.545. The van der Waals surface area contributed by atoms with Gasteiger partial charge in [0.15, 0.2) is 0 Å². The summed E-state index contributed by atoms with van der Waals surface area (Å²) >= 11 is 0. The Morgan fingerprint density at radius 2 is 1.62 bits per heavy atom. The Kier molecular flexibility index (Phi) is 6.03. The average molecular weight is 373 g/mol. The monoisotopic (exact) mass is 372 g/mol. The number of aromatic nitrogens is 2. The first kappa shape index (κ1) is 19.4. The van der Waals surface area contributed by atoms with Gasteiger partial charge in [0.05, 0.1) is 17.3 Å². The minimum atomic E-state index is -0.0825. The van der Waals surface area contributed by atoms with E-state index in [1.54, 1.807) is 0 Å². The molecule has 0 spiro atoms. The summed E-state index contributed by atoms with van der Waals surface area (Å²) in [4.78, 5) is 0. The van der Waals surface area contributed by atoms with Gasteiger partial charge in [-0.1, -0.05) is 30.1 Å². The summed E-state index contributed by atoms with van der Waals surface area (Å²) in [5, 5.41) is 14.1. The number of benzene rings is 1. The van der Waals surface area contributed by atoms with E-state index in [-0.39, 0.29) is 11.6 Å². The zero-order chi connectivity index (χ0) is 18.7. The molecule has 0 saturated heterocycles. The molecule has 1 aliphatic carbocycles. The third-order valence-electron chi connectivity index (χ3n) is 5.25. The maximum absolute atomic E-state index is 9.48. The van der Waals surface area contributed by atoms with Crippen LogP contribution in [0.25, 0.3) is 0 Å². The molecule has 4 rings (SSSR count). The van der Waals surface area contributed by atoms with Crippen molar-refractivity contribution >= 4 is 16.4 Å². The Hall–Kier alpha value is -1.39. The van der Waals surface area contributed by atoms with Crippen LogP contribution in [0.4, 0.5) is 0 Å².